The van der Waals surface area contributed by atoms with Gasteiger partial charge in [-0.1, -0.05) is 19.1 Å². The summed E-state index contributed by atoms with van der Waals surface area (Å²) in [6.07, 6.45) is 5.97. The SMILES string of the molecule is CCN(CC)Cc1cn([C@@H]2C[C@@H]3CN(c4ncccc4C#N)C[C@@H]3C[C@H]2OC)nn1. The third-order valence-corrected chi connectivity index (χ3v) is 6.77. The number of aromatic nitrogens is 4. The van der Waals surface area contributed by atoms with Gasteiger partial charge in [0.2, 0.25) is 0 Å². The van der Waals surface area contributed by atoms with Crippen LogP contribution in [-0.2, 0) is 11.3 Å². The number of ether oxygens (including phenoxy) is 1. The molecule has 160 valence electrons. The molecule has 30 heavy (non-hydrogen) atoms. The molecule has 1 aliphatic carbocycles. The van der Waals surface area contributed by atoms with E-state index in [4.69, 9.17) is 4.74 Å². The molecule has 8 heteroatoms. The number of methoxy groups -OCH3 is 1. The van der Waals surface area contributed by atoms with Crippen LogP contribution in [0.15, 0.2) is 24.5 Å². The Morgan fingerprint density at radius 1 is 1.23 bits per heavy atom. The predicted octanol–water partition coefficient (Wildman–Crippen LogP) is 2.49. The molecule has 1 saturated heterocycles. The third-order valence-electron chi connectivity index (χ3n) is 6.77. The third kappa shape index (κ3) is 4.05. The highest BCUT2D eigenvalue weighted by Gasteiger charge is 2.44. The van der Waals surface area contributed by atoms with Gasteiger partial charge in [0.15, 0.2) is 0 Å². The maximum Gasteiger partial charge on any atom is 0.146 e. The highest BCUT2D eigenvalue weighted by atomic mass is 16.5. The van der Waals surface area contributed by atoms with Crippen molar-refractivity contribution < 1.29 is 4.74 Å². The summed E-state index contributed by atoms with van der Waals surface area (Å²) in [6, 6.07) is 6.14. The first-order valence-electron chi connectivity index (χ1n) is 10.9. The second kappa shape index (κ2) is 9.11. The first-order chi connectivity index (χ1) is 14.7. The molecule has 0 spiro atoms. The lowest BCUT2D eigenvalue weighted by molar-refractivity contribution is -0.00543. The predicted molar refractivity (Wildman–Crippen MR) is 114 cm³/mol. The zero-order valence-electron chi connectivity index (χ0n) is 18.1. The molecule has 2 fully saturated rings. The summed E-state index contributed by atoms with van der Waals surface area (Å²) in [6.45, 7) is 9.02. The van der Waals surface area contributed by atoms with Crippen LogP contribution in [0.2, 0.25) is 0 Å². The van der Waals surface area contributed by atoms with E-state index in [1.54, 1.807) is 13.3 Å². The van der Waals surface area contributed by atoms with Crippen LogP contribution in [0.25, 0.3) is 0 Å². The van der Waals surface area contributed by atoms with Gasteiger partial charge in [0.1, 0.15) is 11.9 Å². The van der Waals surface area contributed by atoms with Crippen molar-refractivity contribution in [3.63, 3.8) is 0 Å². The molecule has 2 aliphatic rings. The molecule has 8 nitrogen and oxygen atoms in total. The lowest BCUT2D eigenvalue weighted by Crippen LogP contribution is -2.37. The largest absolute Gasteiger partial charge is 0.379 e. The van der Waals surface area contributed by atoms with Crippen LogP contribution in [0.5, 0.6) is 0 Å². The molecule has 1 saturated carbocycles. The van der Waals surface area contributed by atoms with E-state index >= 15 is 0 Å². The van der Waals surface area contributed by atoms with Crippen molar-refractivity contribution in [1.82, 2.24) is 24.9 Å². The Morgan fingerprint density at radius 3 is 2.70 bits per heavy atom. The fourth-order valence-electron chi connectivity index (χ4n) is 5.06. The minimum Gasteiger partial charge on any atom is -0.379 e. The Bertz CT molecular complexity index is 888. The molecule has 4 atom stereocenters. The zero-order valence-corrected chi connectivity index (χ0v) is 18.1. The smallest absolute Gasteiger partial charge is 0.146 e. The van der Waals surface area contributed by atoms with Crippen molar-refractivity contribution in [2.75, 3.05) is 38.2 Å². The van der Waals surface area contributed by atoms with Crippen LogP contribution in [-0.4, -0.2) is 64.3 Å². The summed E-state index contributed by atoms with van der Waals surface area (Å²) in [4.78, 5) is 9.11. The normalized spacial score (nSPS) is 26.0. The standard InChI is InChI=1S/C22H31N7O/c1-4-27(5-2)14-19-15-29(26-25-19)20-9-17-12-28(13-18(17)10-21(20)30-3)22-16(11-23)7-6-8-24-22/h6-8,15,17-18,20-21H,4-5,9-10,12-14H2,1-3H3/t17-,18+,20-,21-/m1/s1. The number of hydrogen-bond donors (Lipinski definition) is 0. The number of pyridine rings is 1. The van der Waals surface area contributed by atoms with Crippen LogP contribution < -0.4 is 4.90 Å². The van der Waals surface area contributed by atoms with Gasteiger partial charge in [-0.3, -0.25) is 4.90 Å². The summed E-state index contributed by atoms with van der Waals surface area (Å²) in [5.41, 5.74) is 1.66. The topological polar surface area (TPSA) is 83.1 Å². The zero-order chi connectivity index (χ0) is 21.1. The Morgan fingerprint density at radius 2 is 2.00 bits per heavy atom. The summed E-state index contributed by atoms with van der Waals surface area (Å²) in [5.74, 6) is 1.88. The fourth-order valence-corrected chi connectivity index (χ4v) is 5.06. The van der Waals surface area contributed by atoms with Crippen LogP contribution in [0.4, 0.5) is 5.82 Å². The first kappa shape index (κ1) is 20.8. The van der Waals surface area contributed by atoms with Crippen molar-refractivity contribution in [2.24, 2.45) is 11.8 Å². The van der Waals surface area contributed by atoms with E-state index in [0.717, 1.165) is 57.1 Å². The second-order valence-electron chi connectivity index (χ2n) is 8.38. The Kier molecular flexibility index (Phi) is 6.30. The number of fused-ring (bicyclic) bond motifs is 1. The van der Waals surface area contributed by atoms with Gasteiger partial charge in [0.25, 0.3) is 0 Å². The van der Waals surface area contributed by atoms with Gasteiger partial charge in [-0.05, 0) is 49.9 Å². The molecular weight excluding hydrogens is 378 g/mol. The number of anilines is 1. The molecule has 4 rings (SSSR count). The van der Waals surface area contributed by atoms with E-state index in [1.165, 1.54) is 0 Å². The lowest BCUT2D eigenvalue weighted by atomic mass is 9.77. The highest BCUT2D eigenvalue weighted by molar-refractivity contribution is 5.54. The summed E-state index contributed by atoms with van der Waals surface area (Å²) in [7, 11) is 1.80. The molecule has 2 aromatic rings. The molecule has 0 radical (unpaired) electrons. The number of hydrogen-bond acceptors (Lipinski definition) is 7. The molecule has 2 aromatic heterocycles. The van der Waals surface area contributed by atoms with E-state index in [1.807, 2.05) is 16.8 Å². The first-order valence-corrected chi connectivity index (χ1v) is 10.9. The van der Waals surface area contributed by atoms with Gasteiger partial charge >= 0.3 is 0 Å². The molecular formula is C22H31N7O. The van der Waals surface area contributed by atoms with Gasteiger partial charge < -0.3 is 9.64 Å². The van der Waals surface area contributed by atoms with E-state index in [2.05, 4.69) is 51.2 Å². The molecule has 0 unspecified atom stereocenters. The van der Waals surface area contributed by atoms with Gasteiger partial charge in [-0.2, -0.15) is 5.26 Å². The fraction of sp³-hybridized carbons (Fsp3) is 0.636. The second-order valence-corrected chi connectivity index (χ2v) is 8.38. The Balaban J connectivity index is 1.49. The molecule has 0 aromatic carbocycles. The average Bonchev–Trinajstić information content (AvgIpc) is 3.42. The van der Waals surface area contributed by atoms with Crippen molar-refractivity contribution in [3.8, 4) is 6.07 Å². The van der Waals surface area contributed by atoms with Gasteiger partial charge in [0.05, 0.1) is 29.6 Å². The monoisotopic (exact) mass is 409 g/mol. The van der Waals surface area contributed by atoms with Crippen molar-refractivity contribution in [2.45, 2.75) is 45.4 Å². The Labute approximate surface area is 178 Å². The number of rotatable bonds is 7. The van der Waals surface area contributed by atoms with E-state index in [0.29, 0.717) is 17.4 Å². The number of nitriles is 1. The molecule has 0 amide bonds. The summed E-state index contributed by atoms with van der Waals surface area (Å²) in [5, 5.41) is 18.3. The maximum absolute atomic E-state index is 9.45. The lowest BCUT2D eigenvalue weighted by Gasteiger charge is -2.36. The van der Waals surface area contributed by atoms with Gasteiger partial charge in [-0.25, -0.2) is 9.67 Å². The molecule has 3 heterocycles. The van der Waals surface area contributed by atoms with E-state index < -0.39 is 0 Å². The van der Waals surface area contributed by atoms with Gasteiger partial charge in [-0.15, -0.1) is 5.10 Å². The summed E-state index contributed by atoms with van der Waals surface area (Å²) < 4.78 is 7.92. The van der Waals surface area contributed by atoms with Crippen molar-refractivity contribution in [3.05, 3.63) is 35.8 Å². The number of nitrogens with zero attached hydrogens (tertiary/aromatic N) is 7. The van der Waals surface area contributed by atoms with E-state index in [-0.39, 0.29) is 12.1 Å². The Hall–Kier alpha value is -2.50. The summed E-state index contributed by atoms with van der Waals surface area (Å²) >= 11 is 0. The van der Waals surface area contributed by atoms with Crippen LogP contribution in [0.1, 0.15) is 44.0 Å². The van der Waals surface area contributed by atoms with Gasteiger partial charge in [0, 0.05) is 32.9 Å². The molecule has 0 bridgehead atoms. The van der Waals surface area contributed by atoms with Crippen LogP contribution >= 0.6 is 0 Å². The average molecular weight is 410 g/mol. The van der Waals surface area contributed by atoms with Crippen LogP contribution in [0, 0.1) is 23.2 Å². The van der Waals surface area contributed by atoms with E-state index in [9.17, 15) is 5.26 Å². The quantitative estimate of drug-likeness (QED) is 0.695. The minimum absolute atomic E-state index is 0.119. The molecule has 0 N–H and O–H groups in total. The minimum atomic E-state index is 0.119. The molecule has 1 aliphatic heterocycles. The maximum atomic E-state index is 9.45. The highest BCUT2D eigenvalue weighted by Crippen LogP contribution is 2.43. The van der Waals surface area contributed by atoms with Crippen molar-refractivity contribution in [1.29, 1.82) is 5.26 Å². The van der Waals surface area contributed by atoms with Crippen molar-refractivity contribution >= 4 is 5.82 Å². The van der Waals surface area contributed by atoms with Crippen LogP contribution in [0.3, 0.4) is 0 Å².